The average molecular weight is 225 g/mol. The summed E-state index contributed by atoms with van der Waals surface area (Å²) in [5.41, 5.74) is 0.176. The summed E-state index contributed by atoms with van der Waals surface area (Å²) in [6.45, 7) is 4.60. The largest absolute Gasteiger partial charge is 2.00 e. The van der Waals surface area contributed by atoms with Gasteiger partial charge in [0.1, 0.15) is 0 Å². The summed E-state index contributed by atoms with van der Waals surface area (Å²) >= 11 is 0. The quantitative estimate of drug-likeness (QED) is 0.521. The van der Waals surface area contributed by atoms with Crippen molar-refractivity contribution in [2.45, 2.75) is 6.92 Å². The Morgan fingerprint density at radius 2 is 2.00 bits per heavy atom. The van der Waals surface area contributed by atoms with Crippen molar-refractivity contribution in [3.05, 3.63) is 12.2 Å². The van der Waals surface area contributed by atoms with Gasteiger partial charge in [-0.15, -0.1) is 0 Å². The summed E-state index contributed by atoms with van der Waals surface area (Å²) in [5, 5.41) is 7.89. The molecule has 3 heteroatoms. The summed E-state index contributed by atoms with van der Waals surface area (Å²) in [4.78, 5) is 9.60. The van der Waals surface area contributed by atoms with Gasteiger partial charge in [-0.2, -0.15) is 0 Å². The van der Waals surface area contributed by atoms with Crippen LogP contribution in [0.3, 0.4) is 0 Å². The molecular formula is C4H8BaO2. The van der Waals surface area contributed by atoms with E-state index in [0.29, 0.717) is 0 Å². The van der Waals surface area contributed by atoms with Gasteiger partial charge in [-0.25, -0.2) is 4.79 Å². The molecule has 0 saturated heterocycles. The van der Waals surface area contributed by atoms with Crippen molar-refractivity contribution in [1.29, 1.82) is 0 Å². The van der Waals surface area contributed by atoms with E-state index >= 15 is 0 Å². The van der Waals surface area contributed by atoms with E-state index in [2.05, 4.69) is 6.58 Å². The van der Waals surface area contributed by atoms with Crippen LogP contribution < -0.4 is 0 Å². The van der Waals surface area contributed by atoms with Crippen LogP contribution in [0.15, 0.2) is 12.2 Å². The number of hydrogen-bond acceptors (Lipinski definition) is 1. The maximum Gasteiger partial charge on any atom is 2.00 e. The zero-order valence-electron chi connectivity index (χ0n) is 6.27. The van der Waals surface area contributed by atoms with Gasteiger partial charge in [-0.05, 0) is 6.92 Å². The van der Waals surface area contributed by atoms with Crippen molar-refractivity contribution >= 4 is 54.9 Å². The van der Waals surface area contributed by atoms with Gasteiger partial charge < -0.3 is 7.96 Å². The first-order valence-electron chi connectivity index (χ1n) is 1.53. The SMILES string of the molecule is C=C(C)C(=O)O.[Ba+2].[H-].[H-]. The molecule has 0 rings (SSSR count). The number of carboxylic acids is 1. The molecule has 0 atom stereocenters. The van der Waals surface area contributed by atoms with E-state index in [9.17, 15) is 4.79 Å². The third-order valence-electron chi connectivity index (χ3n) is 0.365. The minimum Gasteiger partial charge on any atom is -1.00 e. The second-order valence-corrected chi connectivity index (χ2v) is 1.09. The molecular weight excluding hydrogens is 217 g/mol. The van der Waals surface area contributed by atoms with Crippen LogP contribution in [0.5, 0.6) is 0 Å². The molecule has 0 aliphatic heterocycles. The summed E-state index contributed by atoms with van der Waals surface area (Å²) in [5.74, 6) is -0.935. The van der Waals surface area contributed by atoms with Crippen LogP contribution >= 0.6 is 0 Å². The molecule has 7 heavy (non-hydrogen) atoms. The molecule has 0 fully saturated rings. The van der Waals surface area contributed by atoms with E-state index in [4.69, 9.17) is 5.11 Å². The Morgan fingerprint density at radius 3 is 2.00 bits per heavy atom. The van der Waals surface area contributed by atoms with Crippen molar-refractivity contribution in [3.8, 4) is 0 Å². The van der Waals surface area contributed by atoms with Crippen LogP contribution in [0.4, 0.5) is 0 Å². The van der Waals surface area contributed by atoms with Gasteiger partial charge in [-0.3, -0.25) is 0 Å². The second kappa shape index (κ2) is 4.93. The molecule has 0 radical (unpaired) electrons. The van der Waals surface area contributed by atoms with E-state index in [1.54, 1.807) is 0 Å². The van der Waals surface area contributed by atoms with Gasteiger partial charge in [0.05, 0.1) is 0 Å². The number of hydrogen-bond donors (Lipinski definition) is 1. The predicted molar refractivity (Wildman–Crippen MR) is 30.4 cm³/mol. The predicted octanol–water partition coefficient (Wildman–Crippen LogP) is 0.491. The van der Waals surface area contributed by atoms with Gasteiger partial charge in [0.2, 0.25) is 0 Å². The monoisotopic (exact) mass is 226 g/mol. The second-order valence-electron chi connectivity index (χ2n) is 1.09. The Bertz CT molecular complexity index is 82.6. The summed E-state index contributed by atoms with van der Waals surface area (Å²) in [6.07, 6.45) is 0. The first-order valence-corrected chi connectivity index (χ1v) is 1.53. The smallest absolute Gasteiger partial charge is 1.00 e. The van der Waals surface area contributed by atoms with Crippen LogP contribution in [0.25, 0.3) is 0 Å². The molecule has 0 aromatic heterocycles. The van der Waals surface area contributed by atoms with Crippen molar-refractivity contribution in [2.75, 3.05) is 0 Å². The molecule has 0 heterocycles. The van der Waals surface area contributed by atoms with Crippen LogP contribution in [0.2, 0.25) is 0 Å². The molecule has 0 bridgehead atoms. The zero-order chi connectivity index (χ0) is 5.15. The molecule has 0 aromatic rings. The molecule has 0 amide bonds. The van der Waals surface area contributed by atoms with E-state index in [1.165, 1.54) is 6.92 Å². The number of rotatable bonds is 1. The topological polar surface area (TPSA) is 37.3 Å². The molecule has 0 aliphatic carbocycles. The molecule has 2 nitrogen and oxygen atoms in total. The minimum atomic E-state index is -0.935. The summed E-state index contributed by atoms with van der Waals surface area (Å²) in [7, 11) is 0. The summed E-state index contributed by atoms with van der Waals surface area (Å²) < 4.78 is 0. The van der Waals surface area contributed by atoms with E-state index in [0.717, 1.165) is 0 Å². The number of carbonyl (C=O) groups is 1. The first-order chi connectivity index (χ1) is 2.64. The van der Waals surface area contributed by atoms with Crippen LogP contribution in [0.1, 0.15) is 9.78 Å². The van der Waals surface area contributed by atoms with Crippen molar-refractivity contribution < 1.29 is 12.8 Å². The number of aliphatic carboxylic acids is 1. The Balaban J connectivity index is -0.0000000417. The van der Waals surface area contributed by atoms with Gasteiger partial charge in [0.15, 0.2) is 0 Å². The average Bonchev–Trinajstić information content (AvgIpc) is 1.36. The molecule has 1 N–H and O–H groups in total. The standard InChI is InChI=1S/C4H6O2.Ba.2H/c1-3(2)4(5)6;;;/h1H2,2H3,(H,5,6);;;/q;+2;2*-1. The van der Waals surface area contributed by atoms with Crippen LogP contribution in [-0.2, 0) is 4.79 Å². The molecule has 0 unspecified atom stereocenters. The Morgan fingerprint density at radius 1 is 1.86 bits per heavy atom. The first kappa shape index (κ1) is 10.7. The zero-order valence-corrected chi connectivity index (χ0v) is 8.71. The molecule has 0 aromatic carbocycles. The van der Waals surface area contributed by atoms with Crippen LogP contribution in [-0.4, -0.2) is 60.0 Å². The van der Waals surface area contributed by atoms with Gasteiger partial charge >= 0.3 is 54.9 Å². The Kier molecular flexibility index (Phi) is 7.54. The minimum absolute atomic E-state index is 0. The van der Waals surface area contributed by atoms with Gasteiger partial charge in [0.25, 0.3) is 0 Å². The fourth-order valence-electron chi connectivity index (χ4n) is 0. The molecule has 38 valence electrons. The van der Waals surface area contributed by atoms with Crippen molar-refractivity contribution in [1.82, 2.24) is 0 Å². The Labute approximate surface area is 85.6 Å². The van der Waals surface area contributed by atoms with Gasteiger partial charge in [-0.1, -0.05) is 6.58 Å². The maximum atomic E-state index is 9.60. The van der Waals surface area contributed by atoms with Crippen LogP contribution in [0, 0.1) is 0 Å². The van der Waals surface area contributed by atoms with Crippen molar-refractivity contribution in [3.63, 3.8) is 0 Å². The Hall–Kier alpha value is 0.781. The van der Waals surface area contributed by atoms with E-state index in [-0.39, 0.29) is 57.3 Å². The normalized spacial score (nSPS) is 6.43. The third kappa shape index (κ3) is 6.78. The molecule has 0 aliphatic rings. The van der Waals surface area contributed by atoms with Gasteiger partial charge in [0, 0.05) is 5.57 Å². The molecule has 0 saturated carbocycles. The maximum absolute atomic E-state index is 9.60. The summed E-state index contributed by atoms with van der Waals surface area (Å²) in [6, 6.07) is 0. The third-order valence-corrected chi connectivity index (χ3v) is 0.365. The fourth-order valence-corrected chi connectivity index (χ4v) is 0. The van der Waals surface area contributed by atoms with Crippen molar-refractivity contribution in [2.24, 2.45) is 0 Å². The molecule has 0 spiro atoms. The number of carboxylic acid groups (broad SMARTS) is 1. The van der Waals surface area contributed by atoms with E-state index < -0.39 is 5.97 Å². The fraction of sp³-hybridized carbons (Fsp3) is 0.250. The van der Waals surface area contributed by atoms with E-state index in [1.807, 2.05) is 0 Å².